The molecule has 3 rings (SSSR count). The van der Waals surface area contributed by atoms with E-state index >= 15 is 0 Å². The van der Waals surface area contributed by atoms with Gasteiger partial charge in [-0.25, -0.2) is 8.78 Å². The normalized spacial score (nSPS) is 10.4. The summed E-state index contributed by atoms with van der Waals surface area (Å²) in [5.74, 6) is -1.00. The zero-order chi connectivity index (χ0) is 18.4. The lowest BCUT2D eigenvalue weighted by molar-refractivity contribution is 0.102. The number of nitrogens with zero attached hydrogens (tertiary/aromatic N) is 1. The molecule has 6 heteroatoms. The average Bonchev–Trinajstić information content (AvgIpc) is 2.65. The van der Waals surface area contributed by atoms with Crippen molar-refractivity contribution in [2.45, 2.75) is 6.42 Å². The molecule has 4 nitrogen and oxygen atoms in total. The van der Waals surface area contributed by atoms with E-state index in [0.717, 1.165) is 17.7 Å². The molecule has 0 unspecified atom stereocenters. The summed E-state index contributed by atoms with van der Waals surface area (Å²) in [6, 6.07) is 15.3. The van der Waals surface area contributed by atoms with Gasteiger partial charge in [-0.3, -0.25) is 9.78 Å². The van der Waals surface area contributed by atoms with Gasteiger partial charge in [-0.2, -0.15) is 0 Å². The average molecular weight is 353 g/mol. The summed E-state index contributed by atoms with van der Waals surface area (Å²) in [6.45, 7) is 0.634. The Morgan fingerprint density at radius 1 is 0.885 bits per heavy atom. The summed E-state index contributed by atoms with van der Waals surface area (Å²) in [5, 5.41) is 5.88. The van der Waals surface area contributed by atoms with E-state index in [1.165, 1.54) is 36.4 Å². The fourth-order valence-electron chi connectivity index (χ4n) is 2.40. The van der Waals surface area contributed by atoms with Crippen molar-refractivity contribution in [1.82, 2.24) is 4.98 Å². The SMILES string of the molecule is O=C(Nc1ccc(F)cc1)c1cc(NCCc2ccc(F)cc2)ccn1. The van der Waals surface area contributed by atoms with Crippen molar-refractivity contribution in [1.29, 1.82) is 0 Å². The highest BCUT2D eigenvalue weighted by atomic mass is 19.1. The minimum atomic E-state index is -0.376. The van der Waals surface area contributed by atoms with Crippen LogP contribution in [0.3, 0.4) is 0 Å². The van der Waals surface area contributed by atoms with Gasteiger partial charge in [-0.05, 0) is 60.5 Å². The Labute approximate surface area is 149 Å². The van der Waals surface area contributed by atoms with Gasteiger partial charge in [0, 0.05) is 24.1 Å². The maximum absolute atomic E-state index is 12.9. The van der Waals surface area contributed by atoms with Crippen LogP contribution in [0.5, 0.6) is 0 Å². The van der Waals surface area contributed by atoms with Crippen LogP contribution < -0.4 is 10.6 Å². The van der Waals surface area contributed by atoms with Crippen molar-refractivity contribution >= 4 is 17.3 Å². The number of aromatic nitrogens is 1. The summed E-state index contributed by atoms with van der Waals surface area (Å²) in [6.07, 6.45) is 2.26. The number of anilines is 2. The number of rotatable bonds is 6. The molecule has 0 aliphatic rings. The molecular weight excluding hydrogens is 336 g/mol. The Morgan fingerprint density at radius 2 is 1.54 bits per heavy atom. The predicted octanol–water partition coefficient (Wildman–Crippen LogP) is 4.27. The topological polar surface area (TPSA) is 54.0 Å². The zero-order valence-corrected chi connectivity index (χ0v) is 13.9. The Kier molecular flexibility index (Phi) is 5.53. The molecule has 1 heterocycles. The van der Waals surface area contributed by atoms with Gasteiger partial charge in [0.2, 0.25) is 0 Å². The van der Waals surface area contributed by atoms with Crippen molar-refractivity contribution in [3.05, 3.63) is 89.8 Å². The van der Waals surface area contributed by atoms with E-state index in [-0.39, 0.29) is 23.2 Å². The van der Waals surface area contributed by atoms with Crippen LogP contribution in [0.2, 0.25) is 0 Å². The molecule has 0 atom stereocenters. The van der Waals surface area contributed by atoms with Crippen molar-refractivity contribution in [3.8, 4) is 0 Å². The second kappa shape index (κ2) is 8.20. The highest BCUT2D eigenvalue weighted by Crippen LogP contribution is 2.13. The van der Waals surface area contributed by atoms with Crippen molar-refractivity contribution in [2.75, 3.05) is 17.2 Å². The number of amides is 1. The van der Waals surface area contributed by atoms with Crippen LogP contribution in [0.25, 0.3) is 0 Å². The number of carbonyl (C=O) groups is 1. The van der Waals surface area contributed by atoms with Gasteiger partial charge in [-0.1, -0.05) is 12.1 Å². The molecule has 26 heavy (non-hydrogen) atoms. The van der Waals surface area contributed by atoms with E-state index in [1.54, 1.807) is 30.5 Å². The Bertz CT molecular complexity index is 880. The zero-order valence-electron chi connectivity index (χ0n) is 13.9. The maximum atomic E-state index is 12.9. The number of carbonyl (C=O) groups excluding carboxylic acids is 1. The summed E-state index contributed by atoms with van der Waals surface area (Å²) >= 11 is 0. The molecule has 2 N–H and O–H groups in total. The van der Waals surface area contributed by atoms with Crippen LogP contribution in [0.15, 0.2) is 66.9 Å². The lowest BCUT2D eigenvalue weighted by Crippen LogP contribution is -2.14. The van der Waals surface area contributed by atoms with E-state index in [4.69, 9.17) is 0 Å². The molecule has 0 fully saturated rings. The van der Waals surface area contributed by atoms with Crippen molar-refractivity contribution in [3.63, 3.8) is 0 Å². The summed E-state index contributed by atoms with van der Waals surface area (Å²) < 4.78 is 25.8. The summed E-state index contributed by atoms with van der Waals surface area (Å²) in [4.78, 5) is 16.3. The molecule has 132 valence electrons. The van der Waals surface area contributed by atoms with Gasteiger partial charge in [0.25, 0.3) is 5.91 Å². The van der Waals surface area contributed by atoms with E-state index < -0.39 is 0 Å². The van der Waals surface area contributed by atoms with Crippen LogP contribution in [0.4, 0.5) is 20.2 Å². The molecule has 1 amide bonds. The summed E-state index contributed by atoms with van der Waals surface area (Å²) in [7, 11) is 0. The molecule has 2 aromatic carbocycles. The molecule has 0 bridgehead atoms. The van der Waals surface area contributed by atoms with E-state index in [0.29, 0.717) is 12.2 Å². The number of pyridine rings is 1. The highest BCUT2D eigenvalue weighted by Gasteiger charge is 2.08. The Morgan fingerprint density at radius 3 is 2.23 bits per heavy atom. The fourth-order valence-corrected chi connectivity index (χ4v) is 2.40. The van der Waals surface area contributed by atoms with E-state index in [2.05, 4.69) is 15.6 Å². The van der Waals surface area contributed by atoms with Crippen LogP contribution in [-0.2, 0) is 6.42 Å². The monoisotopic (exact) mass is 353 g/mol. The Hall–Kier alpha value is -3.28. The van der Waals surface area contributed by atoms with Gasteiger partial charge in [0.1, 0.15) is 17.3 Å². The minimum Gasteiger partial charge on any atom is -0.385 e. The van der Waals surface area contributed by atoms with Crippen LogP contribution >= 0.6 is 0 Å². The molecular formula is C20H17F2N3O. The predicted molar refractivity (Wildman–Crippen MR) is 97.2 cm³/mol. The van der Waals surface area contributed by atoms with E-state index in [9.17, 15) is 13.6 Å². The smallest absolute Gasteiger partial charge is 0.274 e. The number of hydrogen-bond donors (Lipinski definition) is 2. The quantitative estimate of drug-likeness (QED) is 0.696. The lowest BCUT2D eigenvalue weighted by Gasteiger charge is -2.09. The lowest BCUT2D eigenvalue weighted by atomic mass is 10.1. The largest absolute Gasteiger partial charge is 0.385 e. The number of benzene rings is 2. The molecule has 0 saturated carbocycles. The molecule has 0 spiro atoms. The molecule has 0 aliphatic heterocycles. The van der Waals surface area contributed by atoms with Crippen LogP contribution in [-0.4, -0.2) is 17.4 Å². The first-order chi connectivity index (χ1) is 12.6. The van der Waals surface area contributed by atoms with Gasteiger partial charge in [0.05, 0.1) is 0 Å². The number of nitrogens with one attached hydrogen (secondary N) is 2. The number of hydrogen-bond acceptors (Lipinski definition) is 3. The third-order valence-electron chi connectivity index (χ3n) is 3.75. The Balaban J connectivity index is 1.57. The van der Waals surface area contributed by atoms with Crippen LogP contribution in [0, 0.1) is 11.6 Å². The van der Waals surface area contributed by atoms with Crippen LogP contribution in [0.1, 0.15) is 16.1 Å². The fraction of sp³-hybridized carbons (Fsp3) is 0.100. The molecule has 0 aliphatic carbocycles. The minimum absolute atomic E-state index is 0.251. The van der Waals surface area contributed by atoms with Gasteiger partial charge >= 0.3 is 0 Å². The molecule has 0 radical (unpaired) electrons. The van der Waals surface area contributed by atoms with Crippen molar-refractivity contribution < 1.29 is 13.6 Å². The third-order valence-corrected chi connectivity index (χ3v) is 3.75. The van der Waals surface area contributed by atoms with Gasteiger partial charge in [-0.15, -0.1) is 0 Å². The number of halogens is 2. The van der Waals surface area contributed by atoms with E-state index in [1.807, 2.05) is 0 Å². The molecule has 0 saturated heterocycles. The molecule has 1 aromatic heterocycles. The summed E-state index contributed by atoms with van der Waals surface area (Å²) in [5.41, 5.74) is 2.52. The van der Waals surface area contributed by atoms with Gasteiger partial charge in [0.15, 0.2) is 0 Å². The maximum Gasteiger partial charge on any atom is 0.274 e. The standard InChI is InChI=1S/C20H17F2N3O/c21-15-3-1-14(2-4-15)9-11-23-18-10-12-24-19(13-18)20(26)25-17-7-5-16(22)6-8-17/h1-8,10,12-13H,9,11H2,(H,23,24)(H,25,26). The van der Waals surface area contributed by atoms with Gasteiger partial charge < -0.3 is 10.6 Å². The molecule has 3 aromatic rings. The highest BCUT2D eigenvalue weighted by molar-refractivity contribution is 6.03. The third kappa shape index (κ3) is 4.86. The first-order valence-electron chi connectivity index (χ1n) is 8.11. The first kappa shape index (κ1) is 17.5. The van der Waals surface area contributed by atoms with Crippen molar-refractivity contribution in [2.24, 2.45) is 0 Å². The second-order valence-electron chi connectivity index (χ2n) is 5.69. The first-order valence-corrected chi connectivity index (χ1v) is 8.11. The second-order valence-corrected chi connectivity index (χ2v) is 5.69.